The fourth-order valence-corrected chi connectivity index (χ4v) is 4.72. The molecule has 0 fully saturated rings. The van der Waals surface area contributed by atoms with Crippen LogP contribution in [0.4, 0.5) is 0 Å². The van der Waals surface area contributed by atoms with E-state index in [-0.39, 0.29) is 35.1 Å². The maximum atomic E-state index is 12.7. The van der Waals surface area contributed by atoms with Crippen molar-refractivity contribution in [3.8, 4) is 0 Å². The molecule has 0 spiro atoms. The first kappa shape index (κ1) is 36.8. The Morgan fingerprint density at radius 2 is 1.29 bits per heavy atom. The molecule has 0 aliphatic heterocycles. The van der Waals surface area contributed by atoms with Gasteiger partial charge in [-0.25, -0.2) is 0 Å². The smallest absolute Gasteiger partial charge is 0.311 e. The van der Waals surface area contributed by atoms with Gasteiger partial charge in [0.05, 0.1) is 18.6 Å². The standard InChI is InChI=1S/C30H56NO6P/c1-22(32)27(4,5)19-29(8,9)24(34)36-21-26(2,3)16-18-37-31(12)17-14-13-15-23(33)28(6,7)20-30(10,11)25(35)38/h13-21,38H2,1-12H3. The fraction of sp³-hybridized carbons (Fsp3) is 0.867. The zero-order chi connectivity index (χ0) is 30.2. The van der Waals surface area contributed by atoms with Crippen molar-refractivity contribution in [2.24, 2.45) is 27.1 Å². The van der Waals surface area contributed by atoms with Crippen LogP contribution in [0.25, 0.3) is 0 Å². The number of ketones is 2. The van der Waals surface area contributed by atoms with Crippen LogP contribution in [0.5, 0.6) is 0 Å². The lowest BCUT2D eigenvalue weighted by Crippen LogP contribution is -2.37. The molecule has 0 saturated carbocycles. The van der Waals surface area contributed by atoms with E-state index in [1.807, 2.05) is 76.3 Å². The molecule has 222 valence electrons. The molecular weight excluding hydrogens is 501 g/mol. The normalized spacial score (nSPS) is 13.5. The Labute approximate surface area is 234 Å². The van der Waals surface area contributed by atoms with E-state index in [0.29, 0.717) is 38.8 Å². The highest BCUT2D eigenvalue weighted by Gasteiger charge is 2.39. The van der Waals surface area contributed by atoms with Gasteiger partial charge in [-0.2, -0.15) is 5.06 Å². The second-order valence-electron chi connectivity index (χ2n) is 14.4. The van der Waals surface area contributed by atoms with Crippen molar-refractivity contribution in [1.82, 2.24) is 5.06 Å². The van der Waals surface area contributed by atoms with Crippen LogP contribution in [0, 0.1) is 27.1 Å². The number of Topliss-reactive ketones (excluding diaryl/α,β-unsaturated/α-hetero) is 2. The monoisotopic (exact) mass is 557 g/mol. The highest BCUT2D eigenvalue weighted by molar-refractivity contribution is 7.40. The van der Waals surface area contributed by atoms with Gasteiger partial charge < -0.3 is 4.74 Å². The third-order valence-electron chi connectivity index (χ3n) is 7.51. The van der Waals surface area contributed by atoms with Gasteiger partial charge in [0.25, 0.3) is 0 Å². The molecule has 1 unspecified atom stereocenters. The van der Waals surface area contributed by atoms with Gasteiger partial charge in [-0.15, -0.1) is 0 Å². The number of ether oxygens (including phenoxy) is 1. The van der Waals surface area contributed by atoms with Gasteiger partial charge in [-0.3, -0.25) is 24.0 Å². The Morgan fingerprint density at radius 3 is 1.79 bits per heavy atom. The van der Waals surface area contributed by atoms with Gasteiger partial charge in [-0.1, -0.05) is 64.6 Å². The van der Waals surface area contributed by atoms with Crippen molar-refractivity contribution in [3.05, 3.63) is 0 Å². The summed E-state index contributed by atoms with van der Waals surface area (Å²) in [5.74, 6) is -0.0486. The van der Waals surface area contributed by atoms with Gasteiger partial charge in [0.1, 0.15) is 11.6 Å². The van der Waals surface area contributed by atoms with Crippen molar-refractivity contribution in [2.45, 2.75) is 115 Å². The third-order valence-corrected chi connectivity index (χ3v) is 8.29. The van der Waals surface area contributed by atoms with E-state index in [0.717, 1.165) is 12.8 Å². The van der Waals surface area contributed by atoms with Gasteiger partial charge in [0, 0.05) is 41.7 Å². The molecule has 0 aromatic heterocycles. The zero-order valence-electron chi connectivity index (χ0n) is 26.3. The maximum Gasteiger partial charge on any atom is 0.311 e. The van der Waals surface area contributed by atoms with Gasteiger partial charge in [0.2, 0.25) is 0 Å². The summed E-state index contributed by atoms with van der Waals surface area (Å²) >= 11 is 0. The molecule has 0 radical (unpaired) electrons. The molecule has 0 N–H and O–H groups in total. The number of hydrogen-bond donors (Lipinski definition) is 0. The molecule has 0 aromatic rings. The van der Waals surface area contributed by atoms with Crippen LogP contribution >= 0.6 is 9.24 Å². The Bertz CT molecular complexity index is 829. The number of carbonyl (C=O) groups is 4. The van der Waals surface area contributed by atoms with Crippen molar-refractivity contribution in [1.29, 1.82) is 0 Å². The van der Waals surface area contributed by atoms with Gasteiger partial charge in [-0.05, 0) is 52.9 Å². The van der Waals surface area contributed by atoms with E-state index in [1.165, 1.54) is 0 Å². The summed E-state index contributed by atoms with van der Waals surface area (Å²) in [6.07, 6.45) is 3.76. The van der Waals surface area contributed by atoms with Gasteiger partial charge >= 0.3 is 5.97 Å². The summed E-state index contributed by atoms with van der Waals surface area (Å²) in [5.41, 5.74) is -2.63. The molecule has 0 rings (SSSR count). The number of rotatable bonds is 19. The largest absolute Gasteiger partial charge is 0.465 e. The van der Waals surface area contributed by atoms with Gasteiger partial charge in [0.15, 0.2) is 5.52 Å². The molecule has 0 aromatic carbocycles. The Morgan fingerprint density at radius 1 is 0.763 bits per heavy atom. The molecule has 0 amide bonds. The molecule has 0 bridgehead atoms. The van der Waals surface area contributed by atoms with Crippen LogP contribution < -0.4 is 0 Å². The predicted octanol–water partition coefficient (Wildman–Crippen LogP) is 6.42. The second-order valence-corrected chi connectivity index (χ2v) is 14.9. The van der Waals surface area contributed by atoms with E-state index in [1.54, 1.807) is 12.0 Å². The molecule has 7 nitrogen and oxygen atoms in total. The molecule has 0 heterocycles. The first-order chi connectivity index (χ1) is 17.0. The Hall–Kier alpha value is -1.17. The quantitative estimate of drug-likeness (QED) is 0.0783. The molecule has 0 saturated heterocycles. The van der Waals surface area contributed by atoms with E-state index in [2.05, 4.69) is 9.24 Å². The molecule has 38 heavy (non-hydrogen) atoms. The molecule has 0 aliphatic carbocycles. The van der Waals surface area contributed by atoms with Crippen molar-refractivity contribution < 1.29 is 28.8 Å². The van der Waals surface area contributed by atoms with Crippen molar-refractivity contribution in [3.63, 3.8) is 0 Å². The van der Waals surface area contributed by atoms with Crippen molar-refractivity contribution in [2.75, 3.05) is 26.8 Å². The first-order valence-corrected chi connectivity index (χ1v) is 14.4. The number of carbonyl (C=O) groups excluding carboxylic acids is 4. The summed E-state index contributed by atoms with van der Waals surface area (Å²) in [5, 5.41) is 1.79. The van der Waals surface area contributed by atoms with E-state index >= 15 is 0 Å². The third kappa shape index (κ3) is 13.3. The topological polar surface area (TPSA) is 90.0 Å². The van der Waals surface area contributed by atoms with Crippen LogP contribution in [0.15, 0.2) is 0 Å². The van der Waals surface area contributed by atoms with Crippen LogP contribution in [0.2, 0.25) is 0 Å². The lowest BCUT2D eigenvalue weighted by molar-refractivity contribution is -0.163. The average Bonchev–Trinajstić information content (AvgIpc) is 2.73. The minimum Gasteiger partial charge on any atom is -0.465 e. The van der Waals surface area contributed by atoms with Crippen LogP contribution in [-0.2, 0) is 28.8 Å². The highest BCUT2D eigenvalue weighted by atomic mass is 31.0. The Kier molecular flexibility index (Phi) is 14.0. The molecule has 1 atom stereocenters. The minimum absolute atomic E-state index is 0.0241. The summed E-state index contributed by atoms with van der Waals surface area (Å²) in [6, 6.07) is 0. The molecule has 0 aliphatic rings. The summed E-state index contributed by atoms with van der Waals surface area (Å²) in [7, 11) is 4.12. The highest BCUT2D eigenvalue weighted by Crippen LogP contribution is 2.38. The van der Waals surface area contributed by atoms with Crippen LogP contribution in [0.1, 0.15) is 115 Å². The summed E-state index contributed by atoms with van der Waals surface area (Å²) in [6.45, 7) is 22.1. The fourth-order valence-electron chi connectivity index (χ4n) is 4.62. The Balaban J connectivity index is 4.42. The molecular formula is C30H56NO6P. The maximum absolute atomic E-state index is 12.7. The number of hydroxylamine groups is 2. The lowest BCUT2D eigenvalue weighted by atomic mass is 9.72. The number of nitrogens with zero attached hydrogens (tertiary/aromatic N) is 1. The predicted molar refractivity (Wildman–Crippen MR) is 157 cm³/mol. The van der Waals surface area contributed by atoms with Crippen LogP contribution in [-0.4, -0.2) is 54.9 Å². The SMILES string of the molecule is CC(=O)C(C)(C)CC(C)(C)C(=O)OCC(C)(C)CCON(C)CCCCC(=O)C(C)(C)CC(C)(C)C(=O)P. The van der Waals surface area contributed by atoms with E-state index in [9.17, 15) is 19.2 Å². The number of unbranched alkanes of at least 4 members (excludes halogenated alkanes) is 1. The van der Waals surface area contributed by atoms with Crippen molar-refractivity contribution >= 4 is 32.3 Å². The van der Waals surface area contributed by atoms with E-state index < -0.39 is 21.7 Å². The number of esters is 1. The van der Waals surface area contributed by atoms with Crippen LogP contribution in [0.3, 0.4) is 0 Å². The zero-order valence-corrected chi connectivity index (χ0v) is 27.5. The average molecular weight is 558 g/mol. The second kappa shape index (κ2) is 14.5. The summed E-state index contributed by atoms with van der Waals surface area (Å²) in [4.78, 5) is 55.0. The first-order valence-electron chi connectivity index (χ1n) is 13.8. The minimum atomic E-state index is -0.749. The molecule has 8 heteroatoms. The van der Waals surface area contributed by atoms with E-state index in [4.69, 9.17) is 9.57 Å². The summed E-state index contributed by atoms with van der Waals surface area (Å²) < 4.78 is 5.66. The number of hydrogen-bond acceptors (Lipinski definition) is 7. The lowest BCUT2D eigenvalue weighted by Gasteiger charge is -2.33.